The second kappa shape index (κ2) is 6.77. The monoisotopic (exact) mass is 372 g/mol. The number of hydrogen-bond donors (Lipinski definition) is 2. The molecule has 3 rings (SSSR count). The lowest BCUT2D eigenvalue weighted by Crippen LogP contribution is -2.44. The molecule has 1 saturated heterocycles. The van der Waals surface area contributed by atoms with Crippen LogP contribution in [0.25, 0.3) is 10.9 Å². The van der Waals surface area contributed by atoms with Crippen molar-refractivity contribution >= 4 is 45.1 Å². The van der Waals surface area contributed by atoms with Crippen LogP contribution in [0, 0.1) is 0 Å². The topological polar surface area (TPSA) is 61.0 Å². The average Bonchev–Trinajstić information content (AvgIpc) is 2.89. The number of carbonyl (C=O) groups is 1. The third kappa shape index (κ3) is 3.22. The minimum Gasteiger partial charge on any atom is -0.337 e. The number of rotatable bonds is 2. The van der Waals surface area contributed by atoms with E-state index in [9.17, 15) is 4.79 Å². The van der Waals surface area contributed by atoms with Gasteiger partial charge in [-0.2, -0.15) is 5.10 Å². The highest BCUT2D eigenvalue weighted by molar-refractivity contribution is 9.10. The molecule has 2 aromatic rings. The number of H-pyrrole nitrogens is 1. The van der Waals surface area contributed by atoms with E-state index in [2.05, 4.69) is 31.4 Å². The Kier molecular flexibility index (Phi) is 5.24. The van der Waals surface area contributed by atoms with E-state index in [0.29, 0.717) is 11.7 Å². The lowest BCUT2D eigenvalue weighted by atomic mass is 10.0. The Morgan fingerprint density at radius 1 is 1.38 bits per heavy atom. The molecule has 0 radical (unpaired) electrons. The number of hydrogen-bond acceptors (Lipinski definition) is 3. The molecule has 2 heterocycles. The van der Waals surface area contributed by atoms with Crippen LogP contribution in [0.3, 0.4) is 0 Å². The third-order valence-corrected chi connectivity index (χ3v) is 4.40. The molecule has 0 saturated carbocycles. The summed E-state index contributed by atoms with van der Waals surface area (Å²) in [4.78, 5) is 14.5. The lowest BCUT2D eigenvalue weighted by Gasteiger charge is -2.31. The van der Waals surface area contributed by atoms with Crippen LogP contribution < -0.4 is 5.32 Å². The van der Waals surface area contributed by atoms with Crippen LogP contribution >= 0.6 is 28.3 Å². The predicted molar refractivity (Wildman–Crippen MR) is 89.0 cm³/mol. The fourth-order valence-corrected chi connectivity index (χ4v) is 3.04. The number of nitrogens with zero attached hydrogens (tertiary/aromatic N) is 2. The summed E-state index contributed by atoms with van der Waals surface area (Å²) in [6, 6.07) is 6.09. The molecule has 1 aromatic heterocycles. The summed E-state index contributed by atoms with van der Waals surface area (Å²) >= 11 is 3.44. The SMILES string of the molecule is CN(C(=O)c1n[nH]c2ccc(Br)cc12)C1CCNCC1.Cl. The minimum absolute atomic E-state index is 0. The van der Waals surface area contributed by atoms with E-state index in [1.54, 1.807) is 0 Å². The van der Waals surface area contributed by atoms with Gasteiger partial charge in [0.1, 0.15) is 0 Å². The van der Waals surface area contributed by atoms with E-state index >= 15 is 0 Å². The highest BCUT2D eigenvalue weighted by Crippen LogP contribution is 2.23. The summed E-state index contributed by atoms with van der Waals surface area (Å²) in [7, 11) is 1.87. The highest BCUT2D eigenvalue weighted by Gasteiger charge is 2.25. The summed E-state index contributed by atoms with van der Waals surface area (Å²) in [5, 5.41) is 11.3. The molecular formula is C14H18BrClN4O. The number of aromatic nitrogens is 2. The third-order valence-electron chi connectivity index (χ3n) is 3.90. The van der Waals surface area contributed by atoms with Crippen molar-refractivity contribution in [3.05, 3.63) is 28.4 Å². The molecule has 5 nitrogen and oxygen atoms in total. The molecular weight excluding hydrogens is 356 g/mol. The maximum Gasteiger partial charge on any atom is 0.274 e. The van der Waals surface area contributed by atoms with Gasteiger partial charge in [-0.3, -0.25) is 9.89 Å². The van der Waals surface area contributed by atoms with E-state index in [0.717, 1.165) is 41.3 Å². The number of amides is 1. The Hall–Kier alpha value is -1.11. The van der Waals surface area contributed by atoms with Crippen LogP contribution in [-0.4, -0.2) is 47.2 Å². The number of aromatic amines is 1. The van der Waals surface area contributed by atoms with Gasteiger partial charge in [-0.05, 0) is 44.1 Å². The first-order chi connectivity index (χ1) is 9.66. The van der Waals surface area contributed by atoms with Crippen molar-refractivity contribution in [3.63, 3.8) is 0 Å². The zero-order chi connectivity index (χ0) is 14.1. The van der Waals surface area contributed by atoms with Crippen LogP contribution in [0.5, 0.6) is 0 Å². The van der Waals surface area contributed by atoms with Crippen LogP contribution in [0.1, 0.15) is 23.3 Å². The van der Waals surface area contributed by atoms with Crippen molar-refractivity contribution in [2.24, 2.45) is 0 Å². The van der Waals surface area contributed by atoms with Crippen molar-refractivity contribution in [1.82, 2.24) is 20.4 Å². The van der Waals surface area contributed by atoms with E-state index in [4.69, 9.17) is 0 Å². The number of carbonyl (C=O) groups excluding carboxylic acids is 1. The smallest absolute Gasteiger partial charge is 0.274 e. The van der Waals surface area contributed by atoms with Gasteiger partial charge < -0.3 is 10.2 Å². The second-order valence-electron chi connectivity index (χ2n) is 5.16. The van der Waals surface area contributed by atoms with Crippen LogP contribution in [-0.2, 0) is 0 Å². The van der Waals surface area contributed by atoms with Gasteiger partial charge in [0.25, 0.3) is 5.91 Å². The Labute approximate surface area is 138 Å². The first-order valence-corrected chi connectivity index (χ1v) is 7.57. The van der Waals surface area contributed by atoms with Crippen LogP contribution in [0.15, 0.2) is 22.7 Å². The Morgan fingerprint density at radius 3 is 2.81 bits per heavy atom. The van der Waals surface area contributed by atoms with E-state index in [-0.39, 0.29) is 18.3 Å². The van der Waals surface area contributed by atoms with Gasteiger partial charge in [0.2, 0.25) is 0 Å². The minimum atomic E-state index is -0.0127. The van der Waals surface area contributed by atoms with Gasteiger partial charge in [0, 0.05) is 22.9 Å². The number of nitrogens with one attached hydrogen (secondary N) is 2. The van der Waals surface area contributed by atoms with Crippen molar-refractivity contribution < 1.29 is 4.79 Å². The highest BCUT2D eigenvalue weighted by atomic mass is 79.9. The number of benzene rings is 1. The van der Waals surface area contributed by atoms with Crippen molar-refractivity contribution in [2.75, 3.05) is 20.1 Å². The molecule has 0 bridgehead atoms. The molecule has 1 aromatic carbocycles. The van der Waals surface area contributed by atoms with E-state index < -0.39 is 0 Å². The zero-order valence-corrected chi connectivity index (χ0v) is 14.1. The largest absolute Gasteiger partial charge is 0.337 e. The molecule has 1 amide bonds. The van der Waals surface area contributed by atoms with Gasteiger partial charge >= 0.3 is 0 Å². The molecule has 1 fully saturated rings. The summed E-state index contributed by atoms with van der Waals surface area (Å²) in [5.41, 5.74) is 1.39. The van der Waals surface area contributed by atoms with Gasteiger partial charge in [0.15, 0.2) is 5.69 Å². The quantitative estimate of drug-likeness (QED) is 0.850. The molecule has 2 N–H and O–H groups in total. The predicted octanol–water partition coefficient (Wildman–Crippen LogP) is 2.57. The molecule has 1 aliphatic rings. The first-order valence-electron chi connectivity index (χ1n) is 6.78. The molecule has 0 atom stereocenters. The molecule has 0 spiro atoms. The average molecular weight is 374 g/mol. The van der Waals surface area contributed by atoms with Crippen molar-refractivity contribution in [3.8, 4) is 0 Å². The van der Waals surface area contributed by atoms with Crippen molar-refractivity contribution in [2.45, 2.75) is 18.9 Å². The van der Waals surface area contributed by atoms with Crippen molar-refractivity contribution in [1.29, 1.82) is 0 Å². The summed E-state index contributed by atoms with van der Waals surface area (Å²) in [6.07, 6.45) is 1.99. The van der Waals surface area contributed by atoms with E-state index in [1.807, 2.05) is 30.1 Å². The molecule has 1 aliphatic heterocycles. The molecule has 21 heavy (non-hydrogen) atoms. The number of piperidine rings is 1. The molecule has 7 heteroatoms. The summed E-state index contributed by atoms with van der Waals surface area (Å²) in [5.74, 6) is -0.0127. The molecule has 0 unspecified atom stereocenters. The maximum atomic E-state index is 12.6. The number of halogens is 2. The Balaban J connectivity index is 0.00000161. The summed E-state index contributed by atoms with van der Waals surface area (Å²) < 4.78 is 0.949. The van der Waals surface area contributed by atoms with Crippen LogP contribution in [0.2, 0.25) is 0 Å². The summed E-state index contributed by atoms with van der Waals surface area (Å²) in [6.45, 7) is 1.93. The Bertz CT molecular complexity index is 639. The second-order valence-corrected chi connectivity index (χ2v) is 6.08. The standard InChI is InChI=1S/C14H17BrN4O.ClH/c1-19(10-4-6-16-7-5-10)14(20)13-11-8-9(15)2-3-12(11)17-18-13;/h2-3,8,10,16H,4-7H2,1H3,(H,17,18);1H. The van der Waals surface area contributed by atoms with E-state index in [1.165, 1.54) is 0 Å². The van der Waals surface area contributed by atoms with Gasteiger partial charge in [-0.15, -0.1) is 12.4 Å². The maximum absolute atomic E-state index is 12.6. The van der Waals surface area contributed by atoms with Gasteiger partial charge in [0.05, 0.1) is 5.52 Å². The fourth-order valence-electron chi connectivity index (χ4n) is 2.68. The van der Waals surface area contributed by atoms with Crippen LogP contribution in [0.4, 0.5) is 0 Å². The van der Waals surface area contributed by atoms with Gasteiger partial charge in [-0.25, -0.2) is 0 Å². The van der Waals surface area contributed by atoms with Gasteiger partial charge in [-0.1, -0.05) is 15.9 Å². The first kappa shape index (κ1) is 16.3. The Morgan fingerprint density at radius 2 is 2.10 bits per heavy atom. The fraction of sp³-hybridized carbons (Fsp3) is 0.429. The lowest BCUT2D eigenvalue weighted by molar-refractivity contribution is 0.0699. The molecule has 0 aliphatic carbocycles. The number of fused-ring (bicyclic) bond motifs is 1. The zero-order valence-electron chi connectivity index (χ0n) is 11.7. The molecule has 114 valence electrons. The normalized spacial score (nSPS) is 15.7.